The van der Waals surface area contributed by atoms with Crippen molar-refractivity contribution in [1.29, 1.82) is 0 Å². The normalized spacial score (nSPS) is 15.5. The monoisotopic (exact) mass is 683 g/mol. The number of hydrogen-bond acceptors (Lipinski definition) is 10. The highest BCUT2D eigenvalue weighted by atomic mass is 35.5. The van der Waals surface area contributed by atoms with Gasteiger partial charge in [-0.1, -0.05) is 12.1 Å². The summed E-state index contributed by atoms with van der Waals surface area (Å²) in [5, 5.41) is 2.06. The average molecular weight is 684 g/mol. The van der Waals surface area contributed by atoms with Gasteiger partial charge in [0.05, 0.1) is 0 Å². The molecule has 45 heavy (non-hydrogen) atoms. The summed E-state index contributed by atoms with van der Waals surface area (Å²) in [4.78, 5) is 57.2. The largest absolute Gasteiger partial charge is 0.458 e. The third-order valence-electron chi connectivity index (χ3n) is 6.55. The molecule has 0 bridgehead atoms. The fraction of sp³-hybridized carbons (Fsp3) is 0.483. The summed E-state index contributed by atoms with van der Waals surface area (Å²) in [5.41, 5.74) is -0.275. The molecular formula is C29H38ClN5O8S2. The molecule has 1 fully saturated rings. The topological polar surface area (TPSA) is 164 Å². The molecule has 2 N–H and O–H groups in total. The van der Waals surface area contributed by atoms with E-state index in [2.05, 4.69) is 27.7 Å². The molecule has 2 atom stereocenters. The molecule has 3 amide bonds. The number of sulfonamides is 1. The number of benzene rings is 1. The Morgan fingerprint density at radius 2 is 1.60 bits per heavy atom. The molecule has 0 spiro atoms. The number of halogens is 1. The first-order valence-corrected chi connectivity index (χ1v) is 16.3. The second-order valence-corrected chi connectivity index (χ2v) is 15.1. The number of ether oxygens (including phenoxy) is 2. The number of hydrogen-bond donors (Lipinski definition) is 3. The zero-order chi connectivity index (χ0) is 33.6. The summed E-state index contributed by atoms with van der Waals surface area (Å²) >= 11 is 9.95. The Morgan fingerprint density at radius 3 is 2.11 bits per heavy atom. The molecule has 0 radical (unpaired) electrons. The van der Waals surface area contributed by atoms with E-state index in [-0.39, 0.29) is 30.2 Å². The highest BCUT2D eigenvalue weighted by Crippen LogP contribution is 2.22. The van der Waals surface area contributed by atoms with Crippen LogP contribution in [-0.4, -0.2) is 95.1 Å². The van der Waals surface area contributed by atoms with Crippen molar-refractivity contribution >= 4 is 57.6 Å². The number of nitrogens with zero attached hydrogens (tertiary/aromatic N) is 3. The van der Waals surface area contributed by atoms with Crippen LogP contribution in [0, 0.1) is 0 Å². The third-order valence-corrected chi connectivity index (χ3v) is 8.45. The second-order valence-electron chi connectivity index (χ2n) is 11.9. The van der Waals surface area contributed by atoms with Gasteiger partial charge in [0.1, 0.15) is 28.3 Å². The molecule has 1 aromatic heterocycles. The Balaban J connectivity index is 1.74. The molecule has 2 aromatic rings. The predicted octanol–water partition coefficient (Wildman–Crippen LogP) is 2.98. The Morgan fingerprint density at radius 1 is 1.00 bits per heavy atom. The summed E-state index contributed by atoms with van der Waals surface area (Å²) in [5.74, 6) is -1.27. The molecule has 3 rings (SSSR count). The summed E-state index contributed by atoms with van der Waals surface area (Å²) in [7, 11) is -4.17. The molecule has 246 valence electrons. The number of aromatic nitrogens is 1. The number of amides is 3. The van der Waals surface area contributed by atoms with Crippen molar-refractivity contribution in [1.82, 2.24) is 24.8 Å². The predicted molar refractivity (Wildman–Crippen MR) is 170 cm³/mol. The van der Waals surface area contributed by atoms with E-state index in [0.717, 1.165) is 6.20 Å². The van der Waals surface area contributed by atoms with Crippen LogP contribution in [0.5, 0.6) is 5.75 Å². The van der Waals surface area contributed by atoms with Crippen LogP contribution in [-0.2, 0) is 30.8 Å². The fourth-order valence-electron chi connectivity index (χ4n) is 4.23. The van der Waals surface area contributed by atoms with Crippen LogP contribution in [0.2, 0.25) is 0 Å². The lowest BCUT2D eigenvalue weighted by Crippen LogP contribution is -2.58. The van der Waals surface area contributed by atoms with Gasteiger partial charge in [-0.25, -0.2) is 18.0 Å². The van der Waals surface area contributed by atoms with Gasteiger partial charge in [0.25, 0.3) is 0 Å². The van der Waals surface area contributed by atoms with Crippen molar-refractivity contribution in [2.75, 3.05) is 26.2 Å². The molecule has 0 saturated carbocycles. The molecule has 16 heteroatoms. The van der Waals surface area contributed by atoms with Gasteiger partial charge in [-0.05, 0) is 76.0 Å². The number of carbonyl (C=O) groups excluding carboxylic acids is 4. The SMILES string of the molecule is CC(C)(C)OC(=O)[C@H](Cc1ccc(OC(=O)N2CCN(C(=O)Cl)CC2)cc1)NC(=O)[C@@H](NS(=O)(=O)c1cccnc1)C(C)(C)S. The van der Waals surface area contributed by atoms with E-state index < -0.39 is 55.8 Å². The minimum Gasteiger partial charge on any atom is -0.458 e. The van der Waals surface area contributed by atoms with Gasteiger partial charge in [-0.3, -0.25) is 14.6 Å². The van der Waals surface area contributed by atoms with Crippen molar-refractivity contribution in [3.63, 3.8) is 0 Å². The van der Waals surface area contributed by atoms with Gasteiger partial charge < -0.3 is 24.6 Å². The van der Waals surface area contributed by atoms with Crippen LogP contribution in [0.15, 0.2) is 53.7 Å². The summed E-state index contributed by atoms with van der Waals surface area (Å²) < 4.78 is 38.2. The Bertz CT molecular complexity index is 1470. The number of carbonyl (C=O) groups is 4. The van der Waals surface area contributed by atoms with E-state index in [1.807, 2.05) is 0 Å². The van der Waals surface area contributed by atoms with Crippen molar-refractivity contribution in [3.8, 4) is 5.75 Å². The highest BCUT2D eigenvalue weighted by Gasteiger charge is 2.39. The number of pyridine rings is 1. The van der Waals surface area contributed by atoms with Crippen LogP contribution >= 0.6 is 24.2 Å². The average Bonchev–Trinajstić information content (AvgIpc) is 2.95. The van der Waals surface area contributed by atoms with Gasteiger partial charge in [0.15, 0.2) is 0 Å². The minimum absolute atomic E-state index is 0.0155. The quantitative estimate of drug-likeness (QED) is 0.148. The first-order valence-electron chi connectivity index (χ1n) is 14.0. The lowest BCUT2D eigenvalue weighted by Gasteiger charge is -2.32. The number of piperazine rings is 1. The molecular weight excluding hydrogens is 646 g/mol. The van der Waals surface area contributed by atoms with Gasteiger partial charge >= 0.3 is 17.4 Å². The Labute approximate surface area is 273 Å². The summed E-state index contributed by atoms with van der Waals surface area (Å²) in [6, 6.07) is 6.54. The molecule has 1 aliphatic heterocycles. The van der Waals surface area contributed by atoms with Gasteiger partial charge in [-0.15, -0.1) is 0 Å². The van der Waals surface area contributed by atoms with Crippen LogP contribution in [0.3, 0.4) is 0 Å². The zero-order valence-corrected chi connectivity index (χ0v) is 28.1. The van der Waals surface area contributed by atoms with Crippen LogP contribution < -0.4 is 14.8 Å². The van der Waals surface area contributed by atoms with Crippen LogP contribution in [0.1, 0.15) is 40.2 Å². The van der Waals surface area contributed by atoms with Crippen molar-refractivity contribution in [2.24, 2.45) is 0 Å². The maximum Gasteiger partial charge on any atom is 0.415 e. The van der Waals surface area contributed by atoms with E-state index in [4.69, 9.17) is 21.1 Å². The van der Waals surface area contributed by atoms with E-state index >= 15 is 0 Å². The first-order chi connectivity index (χ1) is 20.9. The first kappa shape index (κ1) is 36.1. The molecule has 0 aliphatic carbocycles. The number of rotatable bonds is 10. The third kappa shape index (κ3) is 10.9. The molecule has 2 heterocycles. The van der Waals surface area contributed by atoms with E-state index in [0.29, 0.717) is 18.7 Å². The summed E-state index contributed by atoms with van der Waals surface area (Å²) in [6.07, 6.45) is 1.97. The fourth-order valence-corrected chi connectivity index (χ4v) is 5.97. The molecule has 1 aliphatic rings. The maximum atomic E-state index is 13.6. The van der Waals surface area contributed by atoms with Gasteiger partial charge in [0, 0.05) is 49.7 Å². The van der Waals surface area contributed by atoms with Crippen LogP contribution in [0.4, 0.5) is 9.59 Å². The number of thiol groups is 1. The zero-order valence-electron chi connectivity index (χ0n) is 25.7. The van der Waals surface area contributed by atoms with Crippen LogP contribution in [0.25, 0.3) is 0 Å². The highest BCUT2D eigenvalue weighted by molar-refractivity contribution is 7.89. The molecule has 13 nitrogen and oxygen atoms in total. The van der Waals surface area contributed by atoms with Gasteiger partial charge in [-0.2, -0.15) is 17.4 Å². The number of esters is 1. The van der Waals surface area contributed by atoms with Crippen molar-refractivity contribution < 1.29 is 37.1 Å². The second kappa shape index (κ2) is 14.8. The van der Waals surface area contributed by atoms with Gasteiger partial charge in [0.2, 0.25) is 15.9 Å². The standard InChI is InChI=1S/C29H38ClN5O8S2/c1-28(2,3)43-25(37)22(32-24(36)23(29(4,5)44)33-45(40,41)21-7-6-12-31-18-21)17-19-8-10-20(11-9-19)42-27(39)35-15-13-34(14-16-35)26(30)38/h6-12,18,22-23,33,44H,13-17H2,1-5H3,(H,32,36)/t22-,23+/m0/s1. The maximum absolute atomic E-state index is 13.6. The molecule has 1 saturated heterocycles. The lowest BCUT2D eigenvalue weighted by atomic mass is 10.0. The van der Waals surface area contributed by atoms with E-state index in [1.54, 1.807) is 58.9 Å². The Kier molecular flexibility index (Phi) is 11.9. The van der Waals surface area contributed by atoms with Crippen molar-refractivity contribution in [2.45, 2.75) is 68.4 Å². The lowest BCUT2D eigenvalue weighted by molar-refractivity contribution is -0.158. The summed E-state index contributed by atoms with van der Waals surface area (Å²) in [6.45, 7) is 9.31. The molecule has 0 unspecified atom stereocenters. The number of nitrogens with one attached hydrogen (secondary N) is 2. The van der Waals surface area contributed by atoms with E-state index in [1.165, 1.54) is 28.1 Å². The smallest absolute Gasteiger partial charge is 0.415 e. The Hall–Kier alpha value is -3.40. The van der Waals surface area contributed by atoms with Crippen molar-refractivity contribution in [3.05, 3.63) is 54.4 Å². The molecule has 1 aromatic carbocycles. The minimum atomic E-state index is -4.17. The van der Waals surface area contributed by atoms with E-state index in [9.17, 15) is 27.6 Å².